The highest BCUT2D eigenvalue weighted by Gasteiger charge is 2.19. The predicted octanol–water partition coefficient (Wildman–Crippen LogP) is 3.45. The third kappa shape index (κ3) is 7.14. The van der Waals surface area contributed by atoms with Crippen molar-refractivity contribution in [3.8, 4) is 5.75 Å². The molecule has 1 atom stereocenters. The highest BCUT2D eigenvalue weighted by Crippen LogP contribution is 2.29. The van der Waals surface area contributed by atoms with Gasteiger partial charge in [0.05, 0.1) is 12.6 Å². The number of nitrogens with two attached hydrogens (primary N) is 1. The second-order valence-electron chi connectivity index (χ2n) is 5.61. The third-order valence-electron chi connectivity index (χ3n) is 3.24. The van der Waals surface area contributed by atoms with Crippen LogP contribution in [0.3, 0.4) is 0 Å². The van der Waals surface area contributed by atoms with Gasteiger partial charge < -0.3 is 15.8 Å². The van der Waals surface area contributed by atoms with Gasteiger partial charge >= 0.3 is 0 Å². The molecule has 0 aliphatic carbocycles. The van der Waals surface area contributed by atoms with E-state index in [0.29, 0.717) is 31.9 Å². The third-order valence-corrected chi connectivity index (χ3v) is 3.24. The summed E-state index contributed by atoms with van der Waals surface area (Å²) in [6.45, 7) is 7.43. The van der Waals surface area contributed by atoms with E-state index in [4.69, 9.17) is 10.5 Å². The first kappa shape index (κ1) is 20.7. The summed E-state index contributed by atoms with van der Waals surface area (Å²) in [5.74, 6) is 1.39. The summed E-state index contributed by atoms with van der Waals surface area (Å²) >= 11 is 0. The molecule has 1 unspecified atom stereocenters. The zero-order chi connectivity index (χ0) is 15.7. The fourth-order valence-electron chi connectivity index (χ4n) is 2.32. The number of rotatable bonds is 9. The summed E-state index contributed by atoms with van der Waals surface area (Å²) in [7, 11) is 0. The van der Waals surface area contributed by atoms with Crippen molar-refractivity contribution in [1.29, 1.82) is 0 Å². The van der Waals surface area contributed by atoms with Crippen molar-refractivity contribution >= 4 is 18.3 Å². The fraction of sp³-hybridized carbons (Fsp3) is 0.588. The van der Waals surface area contributed by atoms with Crippen molar-refractivity contribution in [3.63, 3.8) is 0 Å². The van der Waals surface area contributed by atoms with Crippen molar-refractivity contribution < 1.29 is 9.53 Å². The van der Waals surface area contributed by atoms with E-state index in [0.717, 1.165) is 17.7 Å². The Morgan fingerprint density at radius 3 is 2.59 bits per heavy atom. The number of benzene rings is 1. The topological polar surface area (TPSA) is 64.3 Å². The standard InChI is InChI=1S/C17H28N2O2.ClH/c1-4-21-16-9-6-5-8-14(16)15(12-13(2)3)19-17(20)10-7-11-18;/h5-6,8-9,13,15H,4,7,10-12,18H2,1-3H3,(H,19,20);1H. The number of nitrogens with one attached hydrogen (secondary N) is 1. The molecule has 126 valence electrons. The summed E-state index contributed by atoms with van der Waals surface area (Å²) in [5.41, 5.74) is 6.51. The SMILES string of the molecule is CCOc1ccccc1C(CC(C)C)NC(=O)CCCN.Cl. The minimum absolute atomic E-state index is 0. The summed E-state index contributed by atoms with van der Waals surface area (Å²) in [5, 5.41) is 3.12. The van der Waals surface area contributed by atoms with Crippen LogP contribution in [0.4, 0.5) is 0 Å². The molecule has 1 aromatic rings. The second-order valence-corrected chi connectivity index (χ2v) is 5.61. The van der Waals surface area contributed by atoms with E-state index >= 15 is 0 Å². The maximum absolute atomic E-state index is 12.0. The fourth-order valence-corrected chi connectivity index (χ4v) is 2.32. The van der Waals surface area contributed by atoms with Gasteiger partial charge in [0.15, 0.2) is 0 Å². The summed E-state index contributed by atoms with van der Waals surface area (Å²) in [4.78, 5) is 12.0. The molecule has 0 bridgehead atoms. The van der Waals surface area contributed by atoms with Crippen LogP contribution < -0.4 is 15.8 Å². The Kier molecular flexibility index (Phi) is 10.7. The number of carbonyl (C=O) groups excluding carboxylic acids is 1. The Labute approximate surface area is 140 Å². The maximum Gasteiger partial charge on any atom is 0.220 e. The molecular formula is C17H29ClN2O2. The number of hydrogen-bond acceptors (Lipinski definition) is 3. The van der Waals surface area contributed by atoms with Gasteiger partial charge in [0, 0.05) is 12.0 Å². The molecule has 0 aliphatic rings. The average molecular weight is 329 g/mol. The molecule has 0 heterocycles. The van der Waals surface area contributed by atoms with Crippen LogP contribution >= 0.6 is 12.4 Å². The van der Waals surface area contributed by atoms with Gasteiger partial charge in [-0.2, -0.15) is 0 Å². The molecule has 0 saturated carbocycles. The summed E-state index contributed by atoms with van der Waals surface area (Å²) < 4.78 is 5.69. The van der Waals surface area contributed by atoms with Crippen LogP contribution in [0.2, 0.25) is 0 Å². The number of carbonyl (C=O) groups is 1. The number of hydrogen-bond donors (Lipinski definition) is 2. The largest absolute Gasteiger partial charge is 0.494 e. The van der Waals surface area contributed by atoms with Crippen LogP contribution in [0.5, 0.6) is 5.75 Å². The van der Waals surface area contributed by atoms with Crippen molar-refractivity contribution in [1.82, 2.24) is 5.32 Å². The highest BCUT2D eigenvalue weighted by molar-refractivity contribution is 5.85. The van der Waals surface area contributed by atoms with Crippen LogP contribution in [-0.4, -0.2) is 19.1 Å². The molecule has 0 aliphatic heterocycles. The zero-order valence-electron chi connectivity index (χ0n) is 13.8. The smallest absolute Gasteiger partial charge is 0.220 e. The Bertz CT molecular complexity index is 438. The maximum atomic E-state index is 12.0. The van der Waals surface area contributed by atoms with Crippen molar-refractivity contribution in [2.75, 3.05) is 13.2 Å². The zero-order valence-corrected chi connectivity index (χ0v) is 14.6. The number of para-hydroxylation sites is 1. The molecule has 5 heteroatoms. The Hall–Kier alpha value is -1.26. The van der Waals surface area contributed by atoms with Gasteiger partial charge in [-0.3, -0.25) is 4.79 Å². The molecule has 1 aromatic carbocycles. The van der Waals surface area contributed by atoms with E-state index in [9.17, 15) is 4.79 Å². The first-order valence-corrected chi connectivity index (χ1v) is 7.79. The summed E-state index contributed by atoms with van der Waals surface area (Å²) in [6.07, 6.45) is 2.08. The van der Waals surface area contributed by atoms with E-state index < -0.39 is 0 Å². The second kappa shape index (κ2) is 11.3. The van der Waals surface area contributed by atoms with Gasteiger partial charge in [-0.15, -0.1) is 12.4 Å². The molecule has 0 aromatic heterocycles. The van der Waals surface area contributed by atoms with E-state index in [1.165, 1.54) is 0 Å². The van der Waals surface area contributed by atoms with Crippen LogP contribution in [0.15, 0.2) is 24.3 Å². The van der Waals surface area contributed by atoms with Crippen LogP contribution in [0, 0.1) is 5.92 Å². The van der Waals surface area contributed by atoms with Gasteiger partial charge in [-0.1, -0.05) is 32.0 Å². The Morgan fingerprint density at radius 1 is 1.32 bits per heavy atom. The molecule has 0 fully saturated rings. The van der Waals surface area contributed by atoms with E-state index in [1.807, 2.05) is 31.2 Å². The van der Waals surface area contributed by atoms with Gasteiger partial charge in [0.25, 0.3) is 0 Å². The molecule has 1 rings (SSSR count). The van der Waals surface area contributed by atoms with Crippen LogP contribution in [0.1, 0.15) is 51.6 Å². The molecule has 0 saturated heterocycles. The van der Waals surface area contributed by atoms with Crippen LogP contribution in [0.25, 0.3) is 0 Å². The Morgan fingerprint density at radius 2 is 2.00 bits per heavy atom. The minimum Gasteiger partial charge on any atom is -0.494 e. The highest BCUT2D eigenvalue weighted by atomic mass is 35.5. The molecule has 1 amide bonds. The number of halogens is 1. The lowest BCUT2D eigenvalue weighted by Crippen LogP contribution is -2.30. The van der Waals surface area contributed by atoms with Gasteiger partial charge in [0.1, 0.15) is 5.75 Å². The van der Waals surface area contributed by atoms with Crippen molar-refractivity contribution in [2.24, 2.45) is 11.7 Å². The first-order valence-electron chi connectivity index (χ1n) is 7.79. The summed E-state index contributed by atoms with van der Waals surface area (Å²) in [6, 6.07) is 7.91. The normalized spacial score (nSPS) is 11.7. The van der Waals surface area contributed by atoms with Crippen molar-refractivity contribution in [2.45, 2.75) is 46.1 Å². The lowest BCUT2D eigenvalue weighted by Gasteiger charge is -2.23. The minimum atomic E-state index is -0.0157. The molecule has 4 nitrogen and oxygen atoms in total. The Balaban J connectivity index is 0.00000441. The average Bonchev–Trinajstić information content (AvgIpc) is 2.45. The molecule has 22 heavy (non-hydrogen) atoms. The quantitative estimate of drug-likeness (QED) is 0.729. The first-order chi connectivity index (χ1) is 10.1. The monoisotopic (exact) mass is 328 g/mol. The lowest BCUT2D eigenvalue weighted by atomic mass is 9.96. The number of ether oxygens (including phenoxy) is 1. The molecule has 0 spiro atoms. The van der Waals surface area contributed by atoms with Gasteiger partial charge in [0.2, 0.25) is 5.91 Å². The molecule has 3 N–H and O–H groups in total. The van der Waals surface area contributed by atoms with E-state index in [-0.39, 0.29) is 24.4 Å². The molecular weight excluding hydrogens is 300 g/mol. The molecule has 0 radical (unpaired) electrons. The van der Waals surface area contributed by atoms with E-state index in [2.05, 4.69) is 19.2 Å². The lowest BCUT2D eigenvalue weighted by molar-refractivity contribution is -0.122. The number of amides is 1. The van der Waals surface area contributed by atoms with Gasteiger partial charge in [-0.25, -0.2) is 0 Å². The van der Waals surface area contributed by atoms with E-state index in [1.54, 1.807) is 0 Å². The van der Waals surface area contributed by atoms with Crippen molar-refractivity contribution in [3.05, 3.63) is 29.8 Å². The van der Waals surface area contributed by atoms with Crippen LogP contribution in [-0.2, 0) is 4.79 Å². The predicted molar refractivity (Wildman–Crippen MR) is 93.5 cm³/mol. The van der Waals surface area contributed by atoms with Gasteiger partial charge in [-0.05, 0) is 38.3 Å².